The Labute approximate surface area is 102 Å². The Morgan fingerprint density at radius 1 is 1.41 bits per heavy atom. The first kappa shape index (κ1) is 12.4. The largest absolute Gasteiger partial charge is 0.497 e. The van der Waals surface area contributed by atoms with Crippen LogP contribution in [0.15, 0.2) is 18.2 Å². The van der Waals surface area contributed by atoms with E-state index >= 15 is 0 Å². The zero-order chi connectivity index (χ0) is 12.3. The Balaban J connectivity index is 1.99. The van der Waals surface area contributed by atoms with Crippen LogP contribution in [0.5, 0.6) is 5.75 Å². The van der Waals surface area contributed by atoms with Gasteiger partial charge in [0.05, 0.1) is 7.11 Å². The van der Waals surface area contributed by atoms with E-state index in [1.54, 1.807) is 7.11 Å². The van der Waals surface area contributed by atoms with Gasteiger partial charge in [0.1, 0.15) is 11.6 Å². The summed E-state index contributed by atoms with van der Waals surface area (Å²) in [6, 6.07) is 5.52. The number of hydrogen-bond acceptors (Lipinski definition) is 2. The van der Waals surface area contributed by atoms with Gasteiger partial charge in [0, 0.05) is 12.1 Å². The highest BCUT2D eigenvalue weighted by Crippen LogP contribution is 2.21. The SMILES string of the molecule is COc1ccc(CC2CCC(C)CN2)c(F)c1. The lowest BCUT2D eigenvalue weighted by atomic mass is 9.92. The second kappa shape index (κ2) is 5.50. The molecule has 1 N–H and O–H groups in total. The van der Waals surface area contributed by atoms with Crippen LogP contribution >= 0.6 is 0 Å². The van der Waals surface area contributed by atoms with E-state index in [1.807, 2.05) is 12.1 Å². The number of methoxy groups -OCH3 is 1. The van der Waals surface area contributed by atoms with Crippen molar-refractivity contribution in [1.82, 2.24) is 5.32 Å². The lowest BCUT2D eigenvalue weighted by Crippen LogP contribution is -2.39. The second-order valence-electron chi connectivity index (χ2n) is 4.95. The van der Waals surface area contributed by atoms with Crippen LogP contribution < -0.4 is 10.1 Å². The van der Waals surface area contributed by atoms with Crippen LogP contribution in [0.25, 0.3) is 0 Å². The van der Waals surface area contributed by atoms with Gasteiger partial charge in [-0.1, -0.05) is 13.0 Å². The number of benzene rings is 1. The summed E-state index contributed by atoms with van der Waals surface area (Å²) in [5, 5.41) is 3.48. The van der Waals surface area contributed by atoms with Crippen molar-refractivity contribution in [3.05, 3.63) is 29.6 Å². The maximum Gasteiger partial charge on any atom is 0.130 e. The fourth-order valence-electron chi connectivity index (χ4n) is 2.32. The van der Waals surface area contributed by atoms with Crippen molar-refractivity contribution in [3.8, 4) is 5.75 Å². The van der Waals surface area contributed by atoms with Gasteiger partial charge < -0.3 is 10.1 Å². The second-order valence-corrected chi connectivity index (χ2v) is 4.95. The van der Waals surface area contributed by atoms with E-state index < -0.39 is 0 Å². The van der Waals surface area contributed by atoms with Crippen LogP contribution in [-0.2, 0) is 6.42 Å². The Bertz CT molecular complexity index is 372. The summed E-state index contributed by atoms with van der Waals surface area (Å²) in [5.41, 5.74) is 0.776. The summed E-state index contributed by atoms with van der Waals surface area (Å²) >= 11 is 0. The molecule has 2 atom stereocenters. The third-order valence-electron chi connectivity index (χ3n) is 3.49. The van der Waals surface area contributed by atoms with Crippen LogP contribution in [0, 0.1) is 11.7 Å². The van der Waals surface area contributed by atoms with Gasteiger partial charge in [-0.15, -0.1) is 0 Å². The molecule has 1 aromatic rings. The smallest absolute Gasteiger partial charge is 0.130 e. The van der Waals surface area contributed by atoms with Crippen LogP contribution in [-0.4, -0.2) is 19.7 Å². The molecule has 1 fully saturated rings. The molecule has 0 aromatic heterocycles. The standard InChI is InChI=1S/C14H20FNO/c1-10-3-5-12(16-9-10)7-11-4-6-13(17-2)8-14(11)15/h4,6,8,10,12,16H,3,5,7,9H2,1-2H3. The molecule has 0 saturated carbocycles. The summed E-state index contributed by atoms with van der Waals surface area (Å²) in [7, 11) is 1.55. The highest BCUT2D eigenvalue weighted by molar-refractivity contribution is 5.29. The van der Waals surface area contributed by atoms with Gasteiger partial charge >= 0.3 is 0 Å². The fourth-order valence-corrected chi connectivity index (χ4v) is 2.32. The molecule has 2 rings (SSSR count). The normalized spacial score (nSPS) is 24.6. The Kier molecular flexibility index (Phi) is 4.00. The minimum Gasteiger partial charge on any atom is -0.497 e. The van der Waals surface area contributed by atoms with Gasteiger partial charge in [0.25, 0.3) is 0 Å². The maximum absolute atomic E-state index is 13.8. The predicted octanol–water partition coefficient (Wildman–Crippen LogP) is 2.76. The summed E-state index contributed by atoms with van der Waals surface area (Å²) < 4.78 is 18.8. The quantitative estimate of drug-likeness (QED) is 0.872. The van der Waals surface area contributed by atoms with Gasteiger partial charge in [-0.2, -0.15) is 0 Å². The Morgan fingerprint density at radius 3 is 2.82 bits per heavy atom. The third kappa shape index (κ3) is 3.19. The summed E-state index contributed by atoms with van der Waals surface area (Å²) in [5.74, 6) is 1.16. The molecule has 1 aliphatic heterocycles. The number of hydrogen-bond donors (Lipinski definition) is 1. The molecule has 94 valence electrons. The van der Waals surface area contributed by atoms with Crippen LogP contribution in [0.1, 0.15) is 25.3 Å². The number of piperidine rings is 1. The lowest BCUT2D eigenvalue weighted by Gasteiger charge is -2.28. The zero-order valence-corrected chi connectivity index (χ0v) is 10.5. The van der Waals surface area contributed by atoms with Crippen molar-refractivity contribution < 1.29 is 9.13 Å². The summed E-state index contributed by atoms with van der Waals surface area (Å²) in [6.07, 6.45) is 3.13. The van der Waals surface area contributed by atoms with Gasteiger partial charge in [-0.05, 0) is 43.4 Å². The van der Waals surface area contributed by atoms with Crippen molar-refractivity contribution >= 4 is 0 Å². The first-order valence-corrected chi connectivity index (χ1v) is 6.25. The van der Waals surface area contributed by atoms with E-state index in [0.29, 0.717) is 11.8 Å². The first-order chi connectivity index (χ1) is 8.19. The van der Waals surface area contributed by atoms with E-state index in [2.05, 4.69) is 12.2 Å². The fraction of sp³-hybridized carbons (Fsp3) is 0.571. The lowest BCUT2D eigenvalue weighted by molar-refractivity contribution is 0.324. The van der Waals surface area contributed by atoms with E-state index in [0.717, 1.165) is 30.9 Å². The van der Waals surface area contributed by atoms with Gasteiger partial charge in [-0.25, -0.2) is 4.39 Å². The highest BCUT2D eigenvalue weighted by Gasteiger charge is 2.18. The summed E-state index contributed by atoms with van der Waals surface area (Å²) in [6.45, 7) is 3.29. The molecule has 0 radical (unpaired) electrons. The van der Waals surface area contributed by atoms with Crippen LogP contribution in [0.4, 0.5) is 4.39 Å². The minimum absolute atomic E-state index is 0.162. The summed E-state index contributed by atoms with van der Waals surface area (Å²) in [4.78, 5) is 0. The monoisotopic (exact) mass is 237 g/mol. The highest BCUT2D eigenvalue weighted by atomic mass is 19.1. The average molecular weight is 237 g/mol. The van der Waals surface area contributed by atoms with E-state index in [9.17, 15) is 4.39 Å². The number of halogens is 1. The predicted molar refractivity (Wildman–Crippen MR) is 66.8 cm³/mol. The van der Waals surface area contributed by atoms with Crippen molar-refractivity contribution in [2.75, 3.05) is 13.7 Å². The van der Waals surface area contributed by atoms with E-state index in [4.69, 9.17) is 4.74 Å². The average Bonchev–Trinajstić information content (AvgIpc) is 2.34. The maximum atomic E-state index is 13.8. The number of ether oxygens (including phenoxy) is 1. The van der Waals surface area contributed by atoms with Crippen molar-refractivity contribution in [2.45, 2.75) is 32.2 Å². The third-order valence-corrected chi connectivity index (χ3v) is 3.49. The molecule has 1 aliphatic rings. The Morgan fingerprint density at radius 2 is 2.24 bits per heavy atom. The molecule has 0 aliphatic carbocycles. The number of rotatable bonds is 3. The van der Waals surface area contributed by atoms with Crippen LogP contribution in [0.3, 0.4) is 0 Å². The zero-order valence-electron chi connectivity index (χ0n) is 10.5. The van der Waals surface area contributed by atoms with Crippen molar-refractivity contribution in [1.29, 1.82) is 0 Å². The molecule has 1 saturated heterocycles. The molecule has 1 aromatic carbocycles. The molecule has 17 heavy (non-hydrogen) atoms. The Hall–Kier alpha value is -1.09. The molecule has 0 spiro atoms. The van der Waals surface area contributed by atoms with Gasteiger partial charge in [0.2, 0.25) is 0 Å². The topological polar surface area (TPSA) is 21.3 Å². The molecular formula is C14H20FNO. The molecular weight excluding hydrogens is 217 g/mol. The van der Waals surface area contributed by atoms with E-state index in [-0.39, 0.29) is 5.82 Å². The van der Waals surface area contributed by atoms with E-state index in [1.165, 1.54) is 12.5 Å². The first-order valence-electron chi connectivity index (χ1n) is 6.25. The number of nitrogens with one attached hydrogen (secondary N) is 1. The van der Waals surface area contributed by atoms with Crippen LogP contribution in [0.2, 0.25) is 0 Å². The minimum atomic E-state index is -0.162. The molecule has 0 bridgehead atoms. The molecule has 2 unspecified atom stereocenters. The van der Waals surface area contributed by atoms with Crippen molar-refractivity contribution in [3.63, 3.8) is 0 Å². The van der Waals surface area contributed by atoms with Gasteiger partial charge in [-0.3, -0.25) is 0 Å². The molecule has 1 heterocycles. The molecule has 3 heteroatoms. The molecule has 2 nitrogen and oxygen atoms in total. The van der Waals surface area contributed by atoms with Crippen molar-refractivity contribution in [2.24, 2.45) is 5.92 Å². The van der Waals surface area contributed by atoms with Gasteiger partial charge in [0.15, 0.2) is 0 Å². The molecule has 0 amide bonds.